The lowest BCUT2D eigenvalue weighted by Gasteiger charge is -2.41. The highest BCUT2D eigenvalue weighted by molar-refractivity contribution is 7.07. The Kier molecular flexibility index (Phi) is 7.93. The van der Waals surface area contributed by atoms with Crippen LogP contribution in [0.2, 0.25) is 78.6 Å². The van der Waals surface area contributed by atoms with Crippen LogP contribution in [0, 0.1) is 12.8 Å². The molecule has 0 N–H and O–H groups in total. The van der Waals surface area contributed by atoms with Crippen molar-refractivity contribution in [1.29, 1.82) is 0 Å². The van der Waals surface area contributed by atoms with Crippen LogP contribution in [-0.2, 0) is 0 Å². The van der Waals surface area contributed by atoms with Gasteiger partial charge in [-0.15, -0.1) is 0 Å². The minimum Gasteiger partial charge on any atom is -0.0695 e. The summed E-state index contributed by atoms with van der Waals surface area (Å²) in [5, 5.41) is 11.0. The van der Waals surface area contributed by atoms with E-state index in [-0.39, 0.29) is 0 Å². The molecule has 1 atom stereocenters. The molecule has 1 aliphatic rings. The molecule has 2 rings (SSSR count). The van der Waals surface area contributed by atoms with Crippen LogP contribution in [0.5, 0.6) is 0 Å². The van der Waals surface area contributed by atoms with Gasteiger partial charge in [-0.25, -0.2) is 0 Å². The Hall–Kier alpha value is -0.216. The lowest BCUT2D eigenvalue weighted by molar-refractivity contribution is 0.856. The molecule has 33 heavy (non-hydrogen) atoms. The maximum atomic E-state index is 2.63. The predicted molar refractivity (Wildman–Crippen MR) is 169 cm³/mol. The molecule has 0 aromatic heterocycles. The smallest absolute Gasteiger partial charge is 0.0695 e. The van der Waals surface area contributed by atoms with E-state index in [1.54, 1.807) is 27.5 Å². The molecule has 1 aromatic rings. The summed E-state index contributed by atoms with van der Waals surface area (Å²) in [4.78, 5) is 0. The van der Waals surface area contributed by atoms with Crippen LogP contribution in [0.4, 0.5) is 0 Å². The van der Waals surface area contributed by atoms with Crippen LogP contribution in [0.15, 0.2) is 21.9 Å². The van der Waals surface area contributed by atoms with Gasteiger partial charge in [0.2, 0.25) is 0 Å². The quantitative estimate of drug-likeness (QED) is 0.411. The molecular formula is C28H52Si5. The van der Waals surface area contributed by atoms with Crippen molar-refractivity contribution in [1.82, 2.24) is 0 Å². The molecule has 0 aliphatic heterocycles. The zero-order chi connectivity index (χ0) is 26.1. The van der Waals surface area contributed by atoms with Crippen molar-refractivity contribution in [2.24, 2.45) is 5.92 Å². The third kappa shape index (κ3) is 5.47. The Morgan fingerprint density at radius 1 is 0.515 bits per heavy atom. The van der Waals surface area contributed by atoms with Gasteiger partial charge in [-0.05, 0) is 39.2 Å². The Bertz CT molecular complexity index is 1010. The van der Waals surface area contributed by atoms with Crippen molar-refractivity contribution in [3.05, 3.63) is 27.5 Å². The molecule has 1 aromatic carbocycles. The monoisotopic (exact) mass is 528 g/mol. The molecule has 0 heterocycles. The van der Waals surface area contributed by atoms with E-state index < -0.39 is 32.3 Å². The van der Waals surface area contributed by atoms with Gasteiger partial charge in [0.15, 0.2) is 0 Å². The van der Waals surface area contributed by atoms with Crippen molar-refractivity contribution in [2.75, 3.05) is 0 Å². The van der Waals surface area contributed by atoms with Crippen LogP contribution < -0.4 is 25.9 Å². The molecule has 5 heteroatoms. The SMILES string of the molecule is CC1=C(C)C(C)C([Si]c2c([Si](C)(C)C)c(C)c([Si](C)(C)C)c([Si](C)(C)C)c2[Si](C)(C)C)=C1C. The van der Waals surface area contributed by atoms with E-state index in [2.05, 4.69) is 113 Å². The van der Waals surface area contributed by atoms with Crippen molar-refractivity contribution >= 4 is 67.7 Å². The lowest BCUT2D eigenvalue weighted by atomic mass is 10.1. The van der Waals surface area contributed by atoms with Crippen molar-refractivity contribution in [2.45, 2.75) is 113 Å². The Balaban J connectivity index is 3.17. The van der Waals surface area contributed by atoms with Crippen LogP contribution in [-0.4, -0.2) is 41.8 Å². The van der Waals surface area contributed by atoms with Crippen molar-refractivity contribution < 1.29 is 0 Å². The summed E-state index contributed by atoms with van der Waals surface area (Å²) >= 11 is 0. The summed E-state index contributed by atoms with van der Waals surface area (Å²) in [7, 11) is -5.34. The molecule has 0 saturated heterocycles. The number of allylic oxidation sites excluding steroid dienone is 4. The first-order valence-corrected chi connectivity index (χ1v) is 27.9. The van der Waals surface area contributed by atoms with Crippen LogP contribution in [0.1, 0.15) is 33.3 Å². The average Bonchev–Trinajstić information content (AvgIpc) is 2.74. The molecule has 2 radical (unpaired) electrons. The first kappa shape index (κ1) is 29.0. The molecular weight excluding hydrogens is 477 g/mol. The fourth-order valence-corrected chi connectivity index (χ4v) is 23.2. The van der Waals surface area contributed by atoms with Crippen molar-refractivity contribution in [3.8, 4) is 0 Å². The zero-order valence-electron chi connectivity index (χ0n) is 25.1. The zero-order valence-corrected chi connectivity index (χ0v) is 30.1. The second-order valence-corrected chi connectivity index (χ2v) is 36.0. The topological polar surface area (TPSA) is 0 Å². The fourth-order valence-electron chi connectivity index (χ4n) is 6.08. The molecule has 1 unspecified atom stereocenters. The van der Waals surface area contributed by atoms with E-state index in [0.717, 1.165) is 9.52 Å². The Labute approximate surface area is 213 Å². The van der Waals surface area contributed by atoms with Gasteiger partial charge in [-0.2, -0.15) is 0 Å². The van der Waals surface area contributed by atoms with E-state index in [9.17, 15) is 0 Å². The molecule has 1 aliphatic carbocycles. The molecule has 0 amide bonds. The van der Waals surface area contributed by atoms with E-state index in [1.807, 2.05) is 25.9 Å². The van der Waals surface area contributed by atoms with E-state index in [0.29, 0.717) is 5.92 Å². The van der Waals surface area contributed by atoms with E-state index >= 15 is 0 Å². The normalized spacial score (nSPS) is 18.6. The molecule has 0 saturated carbocycles. The minimum atomic E-state index is -1.58. The second kappa shape index (κ2) is 9.02. The third-order valence-electron chi connectivity index (χ3n) is 7.65. The van der Waals surface area contributed by atoms with Crippen LogP contribution in [0.25, 0.3) is 0 Å². The standard InChI is InChI=1S/C28H52Si5/c1-18-19(2)21(4)23(20(18)3)29-24-25(30(6,7)8)22(5)26(31(9,10)11)28(33(15,16)17)27(24)32(12,13)14/h20H,1-17H3. The molecule has 0 fully saturated rings. The minimum absolute atomic E-state index is 0.597. The van der Waals surface area contributed by atoms with Crippen LogP contribution >= 0.6 is 0 Å². The average molecular weight is 529 g/mol. The van der Waals surface area contributed by atoms with Gasteiger partial charge in [-0.1, -0.05) is 133 Å². The van der Waals surface area contributed by atoms with Gasteiger partial charge in [0.05, 0.1) is 32.3 Å². The predicted octanol–water partition coefficient (Wildman–Crippen LogP) is 5.77. The Morgan fingerprint density at radius 3 is 1.21 bits per heavy atom. The summed E-state index contributed by atoms with van der Waals surface area (Å²) in [5.74, 6) is 0.597. The first-order chi connectivity index (χ1) is 14.5. The fraction of sp³-hybridized carbons (Fsp3) is 0.643. The summed E-state index contributed by atoms with van der Waals surface area (Å²) < 4.78 is 0. The van der Waals surface area contributed by atoms with Gasteiger partial charge in [0.25, 0.3) is 0 Å². The maximum Gasteiger partial charge on any atom is 0.116 e. The number of hydrogen-bond donors (Lipinski definition) is 0. The molecule has 0 nitrogen and oxygen atoms in total. The van der Waals surface area contributed by atoms with Gasteiger partial charge in [0.1, 0.15) is 9.52 Å². The maximum absolute atomic E-state index is 2.63. The number of rotatable bonds is 6. The third-order valence-corrected chi connectivity index (χ3v) is 18.7. The Morgan fingerprint density at radius 2 is 0.909 bits per heavy atom. The number of benzene rings is 1. The van der Waals surface area contributed by atoms with Gasteiger partial charge in [-0.3, -0.25) is 0 Å². The van der Waals surface area contributed by atoms with Gasteiger partial charge < -0.3 is 0 Å². The molecule has 0 bridgehead atoms. The highest BCUT2D eigenvalue weighted by Crippen LogP contribution is 2.35. The van der Waals surface area contributed by atoms with Crippen molar-refractivity contribution in [3.63, 3.8) is 0 Å². The second-order valence-electron chi connectivity index (χ2n) is 14.7. The van der Waals surface area contributed by atoms with Gasteiger partial charge in [0, 0.05) is 0 Å². The first-order valence-electron chi connectivity index (χ1n) is 12.9. The van der Waals surface area contributed by atoms with E-state index in [1.165, 1.54) is 0 Å². The summed E-state index contributed by atoms with van der Waals surface area (Å²) in [6.45, 7) is 43.5. The van der Waals surface area contributed by atoms with E-state index in [4.69, 9.17) is 0 Å². The highest BCUT2D eigenvalue weighted by Gasteiger charge is 2.41. The molecule has 0 spiro atoms. The van der Waals surface area contributed by atoms with Crippen LogP contribution in [0.3, 0.4) is 0 Å². The summed E-state index contributed by atoms with van der Waals surface area (Å²) in [6, 6.07) is 0. The van der Waals surface area contributed by atoms with Gasteiger partial charge >= 0.3 is 0 Å². The highest BCUT2D eigenvalue weighted by atomic mass is 28.3. The summed E-state index contributed by atoms with van der Waals surface area (Å²) in [5.41, 5.74) is 6.44. The summed E-state index contributed by atoms with van der Waals surface area (Å²) in [6.07, 6.45) is 0. The molecule has 184 valence electrons. The number of hydrogen-bond acceptors (Lipinski definition) is 0. The lowest BCUT2D eigenvalue weighted by Crippen LogP contribution is -2.76. The largest absolute Gasteiger partial charge is 0.116 e.